The van der Waals surface area contributed by atoms with Crippen LogP contribution in [0.25, 0.3) is 0 Å². The van der Waals surface area contributed by atoms with Crippen molar-refractivity contribution in [3.8, 4) is 5.75 Å². The summed E-state index contributed by atoms with van der Waals surface area (Å²) in [5, 5.41) is 10.7. The van der Waals surface area contributed by atoms with Gasteiger partial charge in [-0.25, -0.2) is 8.78 Å². The molecule has 2 aromatic rings. The zero-order valence-corrected chi connectivity index (χ0v) is 11.6. The summed E-state index contributed by atoms with van der Waals surface area (Å²) in [6.07, 6.45) is 0. The van der Waals surface area contributed by atoms with Crippen molar-refractivity contribution >= 4 is 0 Å². The molecule has 1 unspecified atom stereocenters. The highest BCUT2D eigenvalue weighted by molar-refractivity contribution is 5.45. The van der Waals surface area contributed by atoms with Gasteiger partial charge in [0.15, 0.2) is 0 Å². The second kappa shape index (κ2) is 5.21. The summed E-state index contributed by atoms with van der Waals surface area (Å²) in [7, 11) is 1.41. The summed E-state index contributed by atoms with van der Waals surface area (Å²) in [6.45, 7) is 3.05. The SMILES string of the molecule is COc1cccc(F)c1C(C)(O)c1ccc(F)c(C)c1. The van der Waals surface area contributed by atoms with Crippen molar-refractivity contribution in [1.29, 1.82) is 0 Å². The fourth-order valence-electron chi connectivity index (χ4n) is 2.24. The molecule has 0 amide bonds. The van der Waals surface area contributed by atoms with E-state index in [1.54, 1.807) is 13.0 Å². The average Bonchev–Trinajstić information content (AvgIpc) is 2.41. The molecule has 20 heavy (non-hydrogen) atoms. The number of hydrogen-bond donors (Lipinski definition) is 1. The maximum atomic E-state index is 14.1. The van der Waals surface area contributed by atoms with Crippen LogP contribution in [-0.2, 0) is 5.60 Å². The number of methoxy groups -OCH3 is 1. The molecule has 2 aromatic carbocycles. The molecule has 0 heterocycles. The molecular weight excluding hydrogens is 262 g/mol. The van der Waals surface area contributed by atoms with Crippen LogP contribution in [0.2, 0.25) is 0 Å². The maximum Gasteiger partial charge on any atom is 0.133 e. The van der Waals surface area contributed by atoms with Crippen LogP contribution >= 0.6 is 0 Å². The van der Waals surface area contributed by atoms with Gasteiger partial charge in [0.2, 0.25) is 0 Å². The van der Waals surface area contributed by atoms with Crippen LogP contribution in [0.1, 0.15) is 23.6 Å². The highest BCUT2D eigenvalue weighted by Crippen LogP contribution is 2.37. The first kappa shape index (κ1) is 14.5. The standard InChI is InChI=1S/C16H16F2O2/c1-10-9-11(7-8-12(10)17)16(2,19)15-13(18)5-4-6-14(15)20-3/h4-9,19H,1-3H3. The van der Waals surface area contributed by atoms with Gasteiger partial charge in [-0.2, -0.15) is 0 Å². The summed E-state index contributed by atoms with van der Waals surface area (Å²) < 4.78 is 32.5. The van der Waals surface area contributed by atoms with Gasteiger partial charge in [0.1, 0.15) is 23.0 Å². The normalized spacial score (nSPS) is 13.9. The van der Waals surface area contributed by atoms with Gasteiger partial charge in [-0.05, 0) is 49.2 Å². The monoisotopic (exact) mass is 278 g/mol. The Morgan fingerprint density at radius 2 is 1.80 bits per heavy atom. The Balaban J connectivity index is 2.62. The molecule has 0 radical (unpaired) electrons. The molecule has 0 aliphatic heterocycles. The van der Waals surface area contributed by atoms with E-state index in [0.717, 1.165) is 0 Å². The first-order valence-corrected chi connectivity index (χ1v) is 6.20. The first-order chi connectivity index (χ1) is 9.37. The minimum atomic E-state index is -1.62. The number of aliphatic hydroxyl groups is 1. The molecule has 2 nitrogen and oxygen atoms in total. The van der Waals surface area contributed by atoms with Crippen LogP contribution in [-0.4, -0.2) is 12.2 Å². The van der Waals surface area contributed by atoms with Crippen LogP contribution in [0, 0.1) is 18.6 Å². The number of halogens is 2. The molecule has 0 spiro atoms. The largest absolute Gasteiger partial charge is 0.496 e. The van der Waals surface area contributed by atoms with Gasteiger partial charge in [-0.3, -0.25) is 0 Å². The molecule has 0 bridgehead atoms. The van der Waals surface area contributed by atoms with Crippen LogP contribution in [0.3, 0.4) is 0 Å². The molecule has 106 valence electrons. The fourth-order valence-corrected chi connectivity index (χ4v) is 2.24. The van der Waals surface area contributed by atoms with Gasteiger partial charge in [0.25, 0.3) is 0 Å². The lowest BCUT2D eigenvalue weighted by molar-refractivity contribution is 0.0943. The molecule has 0 aromatic heterocycles. The van der Waals surface area contributed by atoms with Crippen LogP contribution < -0.4 is 4.74 Å². The Morgan fingerprint density at radius 3 is 2.40 bits per heavy atom. The van der Waals surface area contributed by atoms with Crippen LogP contribution in [0.4, 0.5) is 8.78 Å². The van der Waals surface area contributed by atoms with E-state index in [1.807, 2.05) is 0 Å². The van der Waals surface area contributed by atoms with Gasteiger partial charge in [-0.15, -0.1) is 0 Å². The minimum absolute atomic E-state index is 0.0357. The predicted molar refractivity (Wildman–Crippen MR) is 72.8 cm³/mol. The molecule has 0 saturated heterocycles. The molecule has 0 aliphatic rings. The number of rotatable bonds is 3. The summed E-state index contributed by atoms with van der Waals surface area (Å²) in [4.78, 5) is 0. The van der Waals surface area contributed by atoms with Gasteiger partial charge >= 0.3 is 0 Å². The van der Waals surface area contributed by atoms with Gasteiger partial charge in [0.05, 0.1) is 12.7 Å². The van der Waals surface area contributed by atoms with Crippen molar-refractivity contribution in [3.05, 3.63) is 64.7 Å². The lowest BCUT2D eigenvalue weighted by Crippen LogP contribution is -2.25. The van der Waals surface area contributed by atoms with Gasteiger partial charge in [-0.1, -0.05) is 12.1 Å². The van der Waals surface area contributed by atoms with Crippen molar-refractivity contribution < 1.29 is 18.6 Å². The average molecular weight is 278 g/mol. The van der Waals surface area contributed by atoms with E-state index in [1.165, 1.54) is 44.4 Å². The Bertz CT molecular complexity index is 636. The lowest BCUT2D eigenvalue weighted by atomic mass is 9.86. The third-order valence-corrected chi connectivity index (χ3v) is 3.40. The maximum absolute atomic E-state index is 14.1. The van der Waals surface area contributed by atoms with E-state index < -0.39 is 11.4 Å². The number of hydrogen-bond acceptors (Lipinski definition) is 2. The molecule has 0 aliphatic carbocycles. The van der Waals surface area contributed by atoms with E-state index >= 15 is 0 Å². The van der Waals surface area contributed by atoms with E-state index in [9.17, 15) is 13.9 Å². The lowest BCUT2D eigenvalue weighted by Gasteiger charge is -2.27. The molecule has 2 rings (SSSR count). The van der Waals surface area contributed by atoms with Gasteiger partial charge in [0, 0.05) is 0 Å². The van der Waals surface area contributed by atoms with Crippen molar-refractivity contribution in [1.82, 2.24) is 0 Å². The second-order valence-corrected chi connectivity index (χ2v) is 4.85. The molecule has 1 N–H and O–H groups in total. The first-order valence-electron chi connectivity index (χ1n) is 6.20. The molecule has 0 fully saturated rings. The Kier molecular flexibility index (Phi) is 3.77. The summed E-state index contributed by atoms with van der Waals surface area (Å²) in [5.74, 6) is -0.696. The van der Waals surface area contributed by atoms with Crippen LogP contribution in [0.5, 0.6) is 5.75 Å². The van der Waals surface area contributed by atoms with Crippen molar-refractivity contribution in [2.45, 2.75) is 19.4 Å². The van der Waals surface area contributed by atoms with Crippen molar-refractivity contribution in [2.24, 2.45) is 0 Å². The summed E-state index contributed by atoms with van der Waals surface area (Å²) in [6, 6.07) is 8.53. The highest BCUT2D eigenvalue weighted by atomic mass is 19.1. The molecular formula is C16H16F2O2. The Morgan fingerprint density at radius 1 is 1.10 bits per heavy atom. The third kappa shape index (κ3) is 2.39. The second-order valence-electron chi connectivity index (χ2n) is 4.85. The molecule has 4 heteroatoms. The molecule has 1 atom stereocenters. The summed E-state index contributed by atoms with van der Waals surface area (Å²) in [5.41, 5.74) is -0.791. The quantitative estimate of drug-likeness (QED) is 0.930. The van der Waals surface area contributed by atoms with Crippen LogP contribution in [0.15, 0.2) is 36.4 Å². The zero-order chi connectivity index (χ0) is 14.9. The Hall–Kier alpha value is -1.94. The molecule has 0 saturated carbocycles. The smallest absolute Gasteiger partial charge is 0.133 e. The third-order valence-electron chi connectivity index (χ3n) is 3.40. The fraction of sp³-hybridized carbons (Fsp3) is 0.250. The number of benzene rings is 2. The van der Waals surface area contributed by atoms with Crippen molar-refractivity contribution in [3.63, 3.8) is 0 Å². The zero-order valence-electron chi connectivity index (χ0n) is 11.6. The Labute approximate surface area is 116 Å². The topological polar surface area (TPSA) is 29.5 Å². The van der Waals surface area contributed by atoms with Gasteiger partial charge < -0.3 is 9.84 Å². The van der Waals surface area contributed by atoms with E-state index in [-0.39, 0.29) is 17.1 Å². The summed E-state index contributed by atoms with van der Waals surface area (Å²) >= 11 is 0. The number of aryl methyl sites for hydroxylation is 1. The predicted octanol–water partition coefficient (Wildman–Crippen LogP) is 3.54. The minimum Gasteiger partial charge on any atom is -0.496 e. The van der Waals surface area contributed by atoms with E-state index in [0.29, 0.717) is 11.1 Å². The highest BCUT2D eigenvalue weighted by Gasteiger charge is 2.32. The van der Waals surface area contributed by atoms with Crippen molar-refractivity contribution in [2.75, 3.05) is 7.11 Å². The van der Waals surface area contributed by atoms with E-state index in [4.69, 9.17) is 4.74 Å². The van der Waals surface area contributed by atoms with E-state index in [2.05, 4.69) is 0 Å². The number of ether oxygens (including phenoxy) is 1.